The van der Waals surface area contributed by atoms with E-state index in [-0.39, 0.29) is 11.9 Å². The quantitative estimate of drug-likeness (QED) is 0.902. The Morgan fingerprint density at radius 3 is 2.53 bits per heavy atom. The zero-order valence-corrected chi connectivity index (χ0v) is 12.2. The summed E-state index contributed by atoms with van der Waals surface area (Å²) in [6, 6.07) is 7.30. The number of anilines is 1. The van der Waals surface area contributed by atoms with Crippen LogP contribution in [0.25, 0.3) is 0 Å². The largest absolute Gasteiger partial charge is 0.380 e. The summed E-state index contributed by atoms with van der Waals surface area (Å²) in [5.74, 6) is 0.133. The highest BCUT2D eigenvalue weighted by atomic mass is 32.2. The van der Waals surface area contributed by atoms with E-state index >= 15 is 0 Å². The average Bonchev–Trinajstić information content (AvgIpc) is 2.86. The van der Waals surface area contributed by atoms with Gasteiger partial charge in [0, 0.05) is 12.8 Å². The number of nitrogens with one attached hydrogen (secondary N) is 1. The standard InChI is InChI=1S/C14H21NO3S/c1-3-19(16,17)12-9-7-11(8-10-12)15-13-5-4-6-14(13)18-2/h7-10,13-15H,3-6H2,1-2H3. The molecule has 2 rings (SSSR count). The fourth-order valence-corrected chi connectivity index (χ4v) is 3.40. The van der Waals surface area contributed by atoms with Crippen molar-refractivity contribution in [3.8, 4) is 0 Å². The van der Waals surface area contributed by atoms with E-state index in [0.29, 0.717) is 10.9 Å². The summed E-state index contributed by atoms with van der Waals surface area (Å²) in [7, 11) is -1.37. The molecule has 4 nitrogen and oxygen atoms in total. The molecule has 1 aromatic carbocycles. The van der Waals surface area contributed by atoms with Gasteiger partial charge in [-0.15, -0.1) is 0 Å². The number of benzene rings is 1. The number of ether oxygens (including phenoxy) is 1. The minimum Gasteiger partial charge on any atom is -0.380 e. The Morgan fingerprint density at radius 2 is 1.95 bits per heavy atom. The van der Waals surface area contributed by atoms with Crippen molar-refractivity contribution in [2.24, 2.45) is 0 Å². The van der Waals surface area contributed by atoms with E-state index in [9.17, 15) is 8.42 Å². The third-order valence-corrected chi connectivity index (χ3v) is 5.45. The smallest absolute Gasteiger partial charge is 0.178 e. The molecule has 1 aliphatic carbocycles. The van der Waals surface area contributed by atoms with Gasteiger partial charge in [0.25, 0.3) is 0 Å². The number of hydrogen-bond donors (Lipinski definition) is 1. The molecule has 1 fully saturated rings. The second kappa shape index (κ2) is 5.92. The molecule has 1 aliphatic rings. The van der Waals surface area contributed by atoms with Gasteiger partial charge in [-0.2, -0.15) is 0 Å². The molecule has 0 saturated heterocycles. The Bertz CT molecular complexity index is 510. The molecule has 2 unspecified atom stereocenters. The molecular weight excluding hydrogens is 262 g/mol. The van der Waals surface area contributed by atoms with Crippen LogP contribution < -0.4 is 5.32 Å². The first kappa shape index (κ1) is 14.3. The Kier molecular flexibility index (Phi) is 4.47. The van der Waals surface area contributed by atoms with Gasteiger partial charge in [-0.05, 0) is 43.5 Å². The Hall–Kier alpha value is -1.07. The van der Waals surface area contributed by atoms with Crippen LogP contribution in [0.3, 0.4) is 0 Å². The van der Waals surface area contributed by atoms with Gasteiger partial charge in [0.2, 0.25) is 0 Å². The molecule has 0 aliphatic heterocycles. The Morgan fingerprint density at radius 1 is 1.26 bits per heavy atom. The normalized spacial score (nSPS) is 23.5. The van der Waals surface area contributed by atoms with Gasteiger partial charge in [0.15, 0.2) is 9.84 Å². The Labute approximate surface area is 115 Å². The van der Waals surface area contributed by atoms with E-state index in [1.165, 1.54) is 6.42 Å². The third kappa shape index (κ3) is 3.28. The summed E-state index contributed by atoms with van der Waals surface area (Å²) < 4.78 is 28.9. The van der Waals surface area contributed by atoms with Crippen molar-refractivity contribution < 1.29 is 13.2 Å². The van der Waals surface area contributed by atoms with Gasteiger partial charge in [-0.25, -0.2) is 8.42 Å². The number of sulfone groups is 1. The minimum atomic E-state index is -3.11. The maximum atomic E-state index is 11.7. The molecule has 0 spiro atoms. The highest BCUT2D eigenvalue weighted by Gasteiger charge is 2.26. The van der Waals surface area contributed by atoms with Crippen LogP contribution in [0.5, 0.6) is 0 Å². The molecule has 2 atom stereocenters. The molecule has 0 amide bonds. The van der Waals surface area contributed by atoms with Crippen molar-refractivity contribution in [3.05, 3.63) is 24.3 Å². The topological polar surface area (TPSA) is 55.4 Å². The van der Waals surface area contributed by atoms with E-state index in [1.54, 1.807) is 26.2 Å². The van der Waals surface area contributed by atoms with Crippen molar-refractivity contribution in [2.75, 3.05) is 18.2 Å². The second-order valence-electron chi connectivity index (χ2n) is 4.88. The van der Waals surface area contributed by atoms with Gasteiger partial charge >= 0.3 is 0 Å². The molecule has 19 heavy (non-hydrogen) atoms. The van der Waals surface area contributed by atoms with Crippen molar-refractivity contribution in [3.63, 3.8) is 0 Å². The summed E-state index contributed by atoms with van der Waals surface area (Å²) in [5.41, 5.74) is 0.948. The zero-order chi connectivity index (χ0) is 13.9. The highest BCUT2D eigenvalue weighted by molar-refractivity contribution is 7.91. The zero-order valence-electron chi connectivity index (χ0n) is 11.4. The molecular formula is C14H21NO3S. The fourth-order valence-electron chi connectivity index (χ4n) is 2.51. The lowest BCUT2D eigenvalue weighted by molar-refractivity contribution is 0.101. The van der Waals surface area contributed by atoms with Crippen molar-refractivity contribution in [1.82, 2.24) is 0 Å². The van der Waals surface area contributed by atoms with Gasteiger partial charge in [-0.3, -0.25) is 0 Å². The van der Waals surface area contributed by atoms with Gasteiger partial charge in [0.05, 0.1) is 22.8 Å². The number of hydrogen-bond acceptors (Lipinski definition) is 4. The van der Waals surface area contributed by atoms with Crippen molar-refractivity contribution in [2.45, 2.75) is 43.2 Å². The molecule has 1 aromatic rings. The van der Waals surface area contributed by atoms with Gasteiger partial charge in [0.1, 0.15) is 0 Å². The molecule has 1 saturated carbocycles. The van der Waals surface area contributed by atoms with E-state index in [1.807, 2.05) is 12.1 Å². The monoisotopic (exact) mass is 283 g/mol. The predicted octanol–water partition coefficient (Wildman–Crippen LogP) is 2.46. The molecule has 0 aromatic heterocycles. The van der Waals surface area contributed by atoms with E-state index in [0.717, 1.165) is 18.5 Å². The molecule has 0 bridgehead atoms. The molecule has 5 heteroatoms. The van der Waals surface area contributed by atoms with Gasteiger partial charge < -0.3 is 10.1 Å². The van der Waals surface area contributed by atoms with Crippen LogP contribution in [0.4, 0.5) is 5.69 Å². The second-order valence-corrected chi connectivity index (χ2v) is 7.16. The van der Waals surface area contributed by atoms with E-state index in [2.05, 4.69) is 5.32 Å². The number of methoxy groups -OCH3 is 1. The Balaban J connectivity index is 2.07. The molecule has 0 heterocycles. The van der Waals surface area contributed by atoms with E-state index in [4.69, 9.17) is 4.74 Å². The summed E-state index contributed by atoms with van der Waals surface area (Å²) >= 11 is 0. The lowest BCUT2D eigenvalue weighted by Crippen LogP contribution is -2.29. The summed E-state index contributed by atoms with van der Waals surface area (Å²) in [6.45, 7) is 1.66. The van der Waals surface area contributed by atoms with Crippen LogP contribution in [0.2, 0.25) is 0 Å². The molecule has 1 N–H and O–H groups in total. The lowest BCUT2D eigenvalue weighted by atomic mass is 10.2. The first-order valence-corrected chi connectivity index (χ1v) is 8.34. The van der Waals surface area contributed by atoms with Crippen LogP contribution in [0, 0.1) is 0 Å². The van der Waals surface area contributed by atoms with Crippen molar-refractivity contribution >= 4 is 15.5 Å². The SMILES string of the molecule is CCS(=O)(=O)c1ccc(NC2CCCC2OC)cc1. The van der Waals surface area contributed by atoms with Crippen LogP contribution in [-0.4, -0.2) is 33.4 Å². The molecule has 0 radical (unpaired) electrons. The average molecular weight is 283 g/mol. The number of rotatable bonds is 5. The highest BCUT2D eigenvalue weighted by Crippen LogP contribution is 2.25. The summed E-state index contributed by atoms with van der Waals surface area (Å²) in [5, 5.41) is 3.42. The first-order valence-electron chi connectivity index (χ1n) is 6.69. The maximum absolute atomic E-state index is 11.7. The summed E-state index contributed by atoms with van der Waals surface area (Å²) in [6.07, 6.45) is 3.58. The van der Waals surface area contributed by atoms with Gasteiger partial charge in [-0.1, -0.05) is 6.92 Å². The van der Waals surface area contributed by atoms with E-state index < -0.39 is 9.84 Å². The van der Waals surface area contributed by atoms with Crippen LogP contribution in [0.15, 0.2) is 29.2 Å². The first-order chi connectivity index (χ1) is 9.06. The minimum absolute atomic E-state index is 0.133. The van der Waals surface area contributed by atoms with Crippen LogP contribution in [0.1, 0.15) is 26.2 Å². The lowest BCUT2D eigenvalue weighted by Gasteiger charge is -2.20. The predicted molar refractivity (Wildman–Crippen MR) is 76.2 cm³/mol. The third-order valence-electron chi connectivity index (χ3n) is 3.70. The van der Waals surface area contributed by atoms with Crippen LogP contribution in [-0.2, 0) is 14.6 Å². The van der Waals surface area contributed by atoms with Crippen LogP contribution >= 0.6 is 0 Å². The molecule has 106 valence electrons. The fraction of sp³-hybridized carbons (Fsp3) is 0.571. The summed E-state index contributed by atoms with van der Waals surface area (Å²) in [4.78, 5) is 0.385. The van der Waals surface area contributed by atoms with Crippen molar-refractivity contribution in [1.29, 1.82) is 0 Å². The maximum Gasteiger partial charge on any atom is 0.178 e.